The summed E-state index contributed by atoms with van der Waals surface area (Å²) in [6.45, 7) is 6.61. The summed E-state index contributed by atoms with van der Waals surface area (Å²) in [4.78, 5) is 26.3. The van der Waals surface area contributed by atoms with Crippen molar-refractivity contribution in [2.75, 3.05) is 44.3 Å². The molecule has 7 heteroatoms. The molecule has 0 unspecified atom stereocenters. The first-order chi connectivity index (χ1) is 12.2. The number of carbonyl (C=O) groups excluding carboxylic acids is 1. The molecule has 0 saturated carbocycles. The molecule has 4 rings (SSSR count). The van der Waals surface area contributed by atoms with E-state index in [4.69, 9.17) is 14.7 Å². The Kier molecular flexibility index (Phi) is 4.67. The fourth-order valence-corrected chi connectivity index (χ4v) is 4.08. The minimum Gasteiger partial charge on any atom is -0.378 e. The highest BCUT2D eigenvalue weighted by molar-refractivity contribution is 7.08. The minimum atomic E-state index is 0.119. The third kappa shape index (κ3) is 3.39. The smallest absolute Gasteiger partial charge is 0.254 e. The molecule has 2 aromatic heterocycles. The molecular formula is C18H22N4O2S. The van der Waals surface area contributed by atoms with Gasteiger partial charge in [-0.15, -0.1) is 0 Å². The molecule has 0 radical (unpaired) electrons. The van der Waals surface area contributed by atoms with Crippen molar-refractivity contribution in [1.82, 2.24) is 14.9 Å². The van der Waals surface area contributed by atoms with Crippen LogP contribution in [-0.2, 0) is 17.6 Å². The van der Waals surface area contributed by atoms with Crippen molar-refractivity contribution in [2.24, 2.45) is 0 Å². The van der Waals surface area contributed by atoms with Crippen molar-refractivity contribution < 1.29 is 9.53 Å². The molecule has 25 heavy (non-hydrogen) atoms. The number of morpholine rings is 1. The average molecular weight is 358 g/mol. The zero-order chi connectivity index (χ0) is 17.2. The van der Waals surface area contributed by atoms with Gasteiger partial charge >= 0.3 is 0 Å². The van der Waals surface area contributed by atoms with Gasteiger partial charge in [-0.2, -0.15) is 11.3 Å². The summed E-state index contributed by atoms with van der Waals surface area (Å²) in [5.74, 6) is 0.922. The first-order valence-electron chi connectivity index (χ1n) is 8.73. The molecule has 1 fully saturated rings. The summed E-state index contributed by atoms with van der Waals surface area (Å²) in [7, 11) is 0. The van der Waals surface area contributed by atoms with E-state index in [-0.39, 0.29) is 5.91 Å². The van der Waals surface area contributed by atoms with E-state index in [0.717, 1.165) is 68.6 Å². The third-order valence-corrected chi connectivity index (χ3v) is 5.57. The number of nitrogens with zero attached hydrogens (tertiary/aromatic N) is 4. The Balaban J connectivity index is 1.54. The Morgan fingerprint density at radius 2 is 1.96 bits per heavy atom. The predicted molar refractivity (Wildman–Crippen MR) is 97.4 cm³/mol. The van der Waals surface area contributed by atoms with Crippen molar-refractivity contribution in [3.63, 3.8) is 0 Å². The summed E-state index contributed by atoms with van der Waals surface area (Å²) >= 11 is 1.56. The number of rotatable bonds is 2. The molecular weight excluding hydrogens is 336 g/mol. The van der Waals surface area contributed by atoms with Crippen molar-refractivity contribution in [3.8, 4) is 0 Å². The summed E-state index contributed by atoms with van der Waals surface area (Å²) < 4.78 is 5.42. The number of amides is 1. The fourth-order valence-electron chi connectivity index (χ4n) is 3.45. The van der Waals surface area contributed by atoms with Crippen LogP contribution in [0.3, 0.4) is 0 Å². The Hall–Kier alpha value is -1.99. The molecule has 2 aliphatic heterocycles. The summed E-state index contributed by atoms with van der Waals surface area (Å²) in [6.07, 6.45) is 1.60. The maximum Gasteiger partial charge on any atom is 0.254 e. The SMILES string of the molecule is Cc1nc(N2CCOCC2)nc2c1CCN(C(=O)c1ccsc1)CC2. The van der Waals surface area contributed by atoms with Gasteiger partial charge in [0, 0.05) is 43.7 Å². The first kappa shape index (κ1) is 16.5. The quantitative estimate of drug-likeness (QED) is 0.821. The number of aryl methyl sites for hydroxylation is 1. The second-order valence-electron chi connectivity index (χ2n) is 6.44. The van der Waals surface area contributed by atoms with Gasteiger partial charge in [-0.05, 0) is 30.4 Å². The van der Waals surface area contributed by atoms with Crippen molar-refractivity contribution in [2.45, 2.75) is 19.8 Å². The average Bonchev–Trinajstić information content (AvgIpc) is 3.09. The molecule has 132 valence electrons. The van der Waals surface area contributed by atoms with Gasteiger partial charge in [0.2, 0.25) is 5.95 Å². The van der Waals surface area contributed by atoms with Gasteiger partial charge in [-0.3, -0.25) is 4.79 Å². The molecule has 0 spiro atoms. The van der Waals surface area contributed by atoms with Gasteiger partial charge in [0.15, 0.2) is 0 Å². The Bertz CT molecular complexity index is 757. The van der Waals surface area contributed by atoms with Crippen molar-refractivity contribution >= 4 is 23.2 Å². The maximum atomic E-state index is 12.6. The van der Waals surface area contributed by atoms with Crippen molar-refractivity contribution in [3.05, 3.63) is 39.3 Å². The van der Waals surface area contributed by atoms with Crippen LogP contribution in [0.1, 0.15) is 27.3 Å². The van der Waals surface area contributed by atoms with E-state index in [1.54, 1.807) is 11.3 Å². The lowest BCUT2D eigenvalue weighted by Gasteiger charge is -2.27. The number of ether oxygens (including phenoxy) is 1. The molecule has 0 atom stereocenters. The normalized spacial score (nSPS) is 18.0. The molecule has 0 aliphatic carbocycles. The number of hydrogen-bond donors (Lipinski definition) is 0. The maximum absolute atomic E-state index is 12.6. The van der Waals surface area contributed by atoms with Gasteiger partial charge in [0.25, 0.3) is 5.91 Å². The van der Waals surface area contributed by atoms with Gasteiger partial charge in [-0.1, -0.05) is 0 Å². The van der Waals surface area contributed by atoms with E-state index in [0.29, 0.717) is 6.54 Å². The molecule has 2 aliphatic rings. The number of aromatic nitrogens is 2. The zero-order valence-corrected chi connectivity index (χ0v) is 15.2. The zero-order valence-electron chi connectivity index (χ0n) is 14.4. The standard InChI is InChI=1S/C18H22N4O2S/c1-13-15-2-5-21(17(23)14-4-11-25-12-14)6-3-16(15)20-18(19-13)22-7-9-24-10-8-22/h4,11-12H,2-3,5-10H2,1H3. The lowest BCUT2D eigenvalue weighted by Crippen LogP contribution is -2.37. The lowest BCUT2D eigenvalue weighted by atomic mass is 10.1. The number of fused-ring (bicyclic) bond motifs is 1. The van der Waals surface area contributed by atoms with Crippen LogP contribution < -0.4 is 4.90 Å². The van der Waals surface area contributed by atoms with Crippen LogP contribution in [0.25, 0.3) is 0 Å². The predicted octanol–water partition coefficient (Wildman–Crippen LogP) is 1.92. The van der Waals surface area contributed by atoms with Gasteiger partial charge in [-0.25, -0.2) is 9.97 Å². The number of carbonyl (C=O) groups is 1. The second kappa shape index (κ2) is 7.09. The second-order valence-corrected chi connectivity index (χ2v) is 7.22. The summed E-state index contributed by atoms with van der Waals surface area (Å²) in [6, 6.07) is 1.90. The van der Waals surface area contributed by atoms with E-state index in [2.05, 4.69) is 11.8 Å². The van der Waals surface area contributed by atoms with Crippen LogP contribution in [0.2, 0.25) is 0 Å². The van der Waals surface area contributed by atoms with E-state index in [1.807, 2.05) is 21.7 Å². The highest BCUT2D eigenvalue weighted by Crippen LogP contribution is 2.22. The molecule has 0 N–H and O–H groups in total. The van der Waals surface area contributed by atoms with Gasteiger partial charge in [0.1, 0.15) is 0 Å². The highest BCUT2D eigenvalue weighted by Gasteiger charge is 2.24. The van der Waals surface area contributed by atoms with Crippen molar-refractivity contribution in [1.29, 1.82) is 0 Å². The Labute approximate surface area is 151 Å². The van der Waals surface area contributed by atoms with Crippen LogP contribution in [0.4, 0.5) is 5.95 Å². The number of hydrogen-bond acceptors (Lipinski definition) is 6. The topological polar surface area (TPSA) is 58.6 Å². The van der Waals surface area contributed by atoms with E-state index in [9.17, 15) is 4.79 Å². The van der Waals surface area contributed by atoms with Crippen LogP contribution in [0.15, 0.2) is 16.8 Å². The summed E-state index contributed by atoms with van der Waals surface area (Å²) in [5, 5.41) is 3.87. The van der Waals surface area contributed by atoms with Crippen LogP contribution in [0.5, 0.6) is 0 Å². The van der Waals surface area contributed by atoms with Gasteiger partial charge in [0.05, 0.1) is 24.5 Å². The molecule has 1 saturated heterocycles. The van der Waals surface area contributed by atoms with Crippen LogP contribution in [0, 0.1) is 6.92 Å². The third-order valence-electron chi connectivity index (χ3n) is 4.89. The fraction of sp³-hybridized carbons (Fsp3) is 0.500. The van der Waals surface area contributed by atoms with E-state index < -0.39 is 0 Å². The van der Waals surface area contributed by atoms with E-state index in [1.165, 1.54) is 5.56 Å². The first-order valence-corrected chi connectivity index (χ1v) is 9.67. The lowest BCUT2D eigenvalue weighted by molar-refractivity contribution is 0.0763. The van der Waals surface area contributed by atoms with Gasteiger partial charge < -0.3 is 14.5 Å². The van der Waals surface area contributed by atoms with Crippen LogP contribution >= 0.6 is 11.3 Å². The number of anilines is 1. The Morgan fingerprint density at radius 3 is 2.72 bits per heavy atom. The van der Waals surface area contributed by atoms with E-state index >= 15 is 0 Å². The highest BCUT2D eigenvalue weighted by atomic mass is 32.1. The Morgan fingerprint density at radius 1 is 1.16 bits per heavy atom. The molecule has 0 aromatic carbocycles. The largest absolute Gasteiger partial charge is 0.378 e. The minimum absolute atomic E-state index is 0.119. The monoisotopic (exact) mass is 358 g/mol. The molecule has 6 nitrogen and oxygen atoms in total. The molecule has 4 heterocycles. The van der Waals surface area contributed by atoms with Crippen LogP contribution in [-0.4, -0.2) is 60.2 Å². The summed E-state index contributed by atoms with van der Waals surface area (Å²) in [5.41, 5.74) is 4.12. The molecule has 2 aromatic rings. The molecule has 1 amide bonds. The molecule has 0 bridgehead atoms. The number of thiophene rings is 1.